The second-order valence-corrected chi connectivity index (χ2v) is 6.53. The minimum Gasteiger partial charge on any atom is -0.279 e. The number of hydrogen-bond acceptors (Lipinski definition) is 5. The molecule has 0 aliphatic rings. The largest absolute Gasteiger partial charge is 0.453 e. The molecular formula is C14H13F6N5OS. The van der Waals surface area contributed by atoms with E-state index in [4.69, 9.17) is 0 Å². The van der Waals surface area contributed by atoms with E-state index in [0.29, 0.717) is 11.9 Å². The molecule has 13 heteroatoms. The quantitative estimate of drug-likeness (QED) is 0.566. The maximum atomic E-state index is 12.9. The Morgan fingerprint density at radius 3 is 2.33 bits per heavy atom. The van der Waals surface area contributed by atoms with Crippen molar-refractivity contribution in [3.8, 4) is 0 Å². The molecule has 0 spiro atoms. The van der Waals surface area contributed by atoms with Crippen molar-refractivity contribution in [3.05, 3.63) is 29.3 Å². The number of thioether (sulfide) groups is 1. The van der Waals surface area contributed by atoms with Crippen molar-refractivity contribution in [1.29, 1.82) is 0 Å². The lowest BCUT2D eigenvalue weighted by Crippen LogP contribution is -2.30. The van der Waals surface area contributed by atoms with E-state index in [0.717, 1.165) is 41.5 Å². The van der Waals surface area contributed by atoms with Crippen LogP contribution in [0.3, 0.4) is 0 Å². The molecule has 0 fully saturated rings. The molecule has 0 radical (unpaired) electrons. The van der Waals surface area contributed by atoms with Crippen LogP contribution < -0.4 is 4.90 Å². The predicted molar refractivity (Wildman–Crippen MR) is 84.4 cm³/mol. The lowest BCUT2D eigenvalue weighted by molar-refractivity contribution is -0.145. The summed E-state index contributed by atoms with van der Waals surface area (Å²) in [4.78, 5) is 20.2. The summed E-state index contributed by atoms with van der Waals surface area (Å²) in [6, 6.07) is 0.778. The minimum atomic E-state index is -4.81. The number of aromatic nitrogens is 4. The van der Waals surface area contributed by atoms with E-state index in [1.165, 1.54) is 0 Å². The van der Waals surface area contributed by atoms with E-state index < -0.39 is 35.6 Å². The summed E-state index contributed by atoms with van der Waals surface area (Å²) < 4.78 is 77.5. The zero-order chi connectivity index (χ0) is 20.6. The van der Waals surface area contributed by atoms with E-state index in [2.05, 4.69) is 15.1 Å². The number of amides is 1. The molecule has 0 bridgehead atoms. The van der Waals surface area contributed by atoms with Crippen molar-refractivity contribution >= 4 is 23.6 Å². The number of hydrogen-bond donors (Lipinski definition) is 0. The second kappa shape index (κ2) is 7.37. The summed E-state index contributed by atoms with van der Waals surface area (Å²) in [5.41, 5.74) is -1.36. The van der Waals surface area contributed by atoms with Crippen molar-refractivity contribution in [1.82, 2.24) is 19.7 Å². The van der Waals surface area contributed by atoms with Crippen molar-refractivity contribution in [2.45, 2.75) is 24.2 Å². The third kappa shape index (κ3) is 4.51. The molecule has 0 unspecified atom stereocenters. The van der Waals surface area contributed by atoms with Gasteiger partial charge < -0.3 is 0 Å². The summed E-state index contributed by atoms with van der Waals surface area (Å²) in [7, 11) is 2.29. The Kier molecular flexibility index (Phi) is 5.73. The molecule has 6 nitrogen and oxygen atoms in total. The van der Waals surface area contributed by atoms with Crippen LogP contribution in [-0.4, -0.2) is 38.5 Å². The van der Waals surface area contributed by atoms with E-state index in [-0.39, 0.29) is 10.6 Å². The van der Waals surface area contributed by atoms with E-state index >= 15 is 0 Å². The molecule has 27 heavy (non-hydrogen) atoms. The SMILES string of the molecule is CCSc1cc(C(F)(F)F)cnc1C(=O)N(C)c1nc(C(F)(F)F)nn1C. The van der Waals surface area contributed by atoms with Gasteiger partial charge in [0.2, 0.25) is 5.95 Å². The van der Waals surface area contributed by atoms with Crippen molar-refractivity contribution < 1.29 is 31.1 Å². The van der Waals surface area contributed by atoms with Crippen molar-refractivity contribution in [3.63, 3.8) is 0 Å². The summed E-state index contributed by atoms with van der Waals surface area (Å²) >= 11 is 0.954. The van der Waals surface area contributed by atoms with Crippen molar-refractivity contribution in [2.24, 2.45) is 7.05 Å². The van der Waals surface area contributed by atoms with Crippen LogP contribution >= 0.6 is 11.8 Å². The highest BCUT2D eigenvalue weighted by Gasteiger charge is 2.38. The smallest absolute Gasteiger partial charge is 0.279 e. The Morgan fingerprint density at radius 1 is 1.22 bits per heavy atom. The number of carbonyl (C=O) groups excluding carboxylic acids is 1. The van der Waals surface area contributed by atoms with Crippen LogP contribution in [0.5, 0.6) is 0 Å². The topological polar surface area (TPSA) is 63.9 Å². The van der Waals surface area contributed by atoms with Crippen molar-refractivity contribution in [2.75, 3.05) is 17.7 Å². The van der Waals surface area contributed by atoms with Gasteiger partial charge in [-0.1, -0.05) is 6.92 Å². The van der Waals surface area contributed by atoms with Crippen LogP contribution in [0.15, 0.2) is 17.2 Å². The number of carbonyl (C=O) groups is 1. The van der Waals surface area contributed by atoms with E-state index in [9.17, 15) is 31.1 Å². The van der Waals surface area contributed by atoms with Gasteiger partial charge in [0.1, 0.15) is 5.69 Å². The summed E-state index contributed by atoms with van der Waals surface area (Å²) in [6.45, 7) is 1.67. The molecule has 0 aliphatic carbocycles. The first-order chi connectivity index (χ1) is 12.4. The van der Waals surface area contributed by atoms with Gasteiger partial charge in [-0.2, -0.15) is 31.3 Å². The highest BCUT2D eigenvalue weighted by molar-refractivity contribution is 7.99. The molecule has 0 atom stereocenters. The third-order valence-electron chi connectivity index (χ3n) is 3.28. The molecule has 0 N–H and O–H groups in total. The highest BCUT2D eigenvalue weighted by Crippen LogP contribution is 2.33. The number of rotatable bonds is 4. The number of nitrogens with zero attached hydrogens (tertiary/aromatic N) is 5. The Morgan fingerprint density at radius 2 is 1.85 bits per heavy atom. The average Bonchev–Trinajstić information content (AvgIpc) is 2.95. The molecule has 2 heterocycles. The highest BCUT2D eigenvalue weighted by atomic mass is 32.2. The van der Waals surface area contributed by atoms with Gasteiger partial charge in [0.05, 0.1) is 5.56 Å². The first-order valence-electron chi connectivity index (χ1n) is 7.32. The third-order valence-corrected chi connectivity index (χ3v) is 4.19. The minimum absolute atomic E-state index is 0.0395. The van der Waals surface area contributed by atoms with E-state index in [1.807, 2.05) is 0 Å². The summed E-state index contributed by atoms with van der Waals surface area (Å²) in [5, 5.41) is 3.20. The normalized spacial score (nSPS) is 12.3. The van der Waals surface area contributed by atoms with Crippen LogP contribution in [0.1, 0.15) is 28.8 Å². The Hall–Kier alpha value is -2.31. The number of alkyl halides is 6. The summed E-state index contributed by atoms with van der Waals surface area (Å²) in [5.74, 6) is -2.43. The molecule has 2 aromatic rings. The molecule has 0 saturated carbocycles. The zero-order valence-corrected chi connectivity index (χ0v) is 15.0. The molecule has 0 saturated heterocycles. The number of pyridine rings is 1. The number of halogens is 6. The van der Waals surface area contributed by atoms with Crippen LogP contribution in [0.4, 0.5) is 32.3 Å². The Balaban J connectivity index is 2.43. The van der Waals surface area contributed by atoms with Gasteiger partial charge >= 0.3 is 12.4 Å². The zero-order valence-electron chi connectivity index (χ0n) is 14.2. The van der Waals surface area contributed by atoms with E-state index in [1.54, 1.807) is 6.92 Å². The van der Waals surface area contributed by atoms with Gasteiger partial charge in [0, 0.05) is 25.2 Å². The van der Waals surface area contributed by atoms with Gasteiger partial charge in [-0.3, -0.25) is 9.69 Å². The van der Waals surface area contributed by atoms with Crippen LogP contribution in [-0.2, 0) is 19.4 Å². The predicted octanol–water partition coefficient (Wildman–Crippen LogP) is 3.64. The van der Waals surface area contributed by atoms with Crippen LogP contribution in [0.2, 0.25) is 0 Å². The van der Waals surface area contributed by atoms with Gasteiger partial charge in [-0.15, -0.1) is 16.9 Å². The molecule has 0 aliphatic heterocycles. The standard InChI is InChI=1S/C14H13F6N5OS/c1-4-27-8-5-7(13(15,16)17)6-21-9(8)10(26)24(2)12-22-11(14(18,19)20)23-25(12)3/h5-6H,4H2,1-3H3. The van der Waals surface area contributed by atoms with Crippen LogP contribution in [0.25, 0.3) is 0 Å². The molecular weight excluding hydrogens is 400 g/mol. The lowest BCUT2D eigenvalue weighted by Gasteiger charge is -2.17. The maximum Gasteiger partial charge on any atom is 0.453 e. The number of aryl methyl sites for hydroxylation is 1. The average molecular weight is 413 g/mol. The molecule has 148 valence electrons. The maximum absolute atomic E-state index is 12.9. The van der Waals surface area contributed by atoms with Crippen LogP contribution in [0, 0.1) is 0 Å². The number of anilines is 1. The lowest BCUT2D eigenvalue weighted by atomic mass is 10.2. The molecule has 2 aromatic heterocycles. The Labute approximate surface area is 153 Å². The molecule has 1 amide bonds. The summed E-state index contributed by atoms with van der Waals surface area (Å²) in [6.07, 6.45) is -8.96. The van der Waals surface area contributed by atoms with Gasteiger partial charge in [0.15, 0.2) is 0 Å². The first-order valence-corrected chi connectivity index (χ1v) is 8.31. The molecule has 2 rings (SSSR count). The molecule has 0 aromatic carbocycles. The van der Waals surface area contributed by atoms with Gasteiger partial charge in [-0.25, -0.2) is 9.67 Å². The second-order valence-electron chi connectivity index (χ2n) is 5.22. The fourth-order valence-corrected chi connectivity index (χ4v) is 2.86. The first kappa shape index (κ1) is 21.0. The fraction of sp³-hybridized carbons (Fsp3) is 0.429. The monoisotopic (exact) mass is 413 g/mol. The Bertz CT molecular complexity index is 847. The van der Waals surface area contributed by atoms with Gasteiger partial charge in [0.25, 0.3) is 11.7 Å². The fourth-order valence-electron chi connectivity index (χ4n) is 2.06. The van der Waals surface area contributed by atoms with Gasteiger partial charge in [-0.05, 0) is 11.8 Å².